The van der Waals surface area contributed by atoms with Crippen molar-refractivity contribution in [1.29, 1.82) is 0 Å². The average molecular weight is 389 g/mol. The third-order valence-corrected chi connectivity index (χ3v) is 6.92. The van der Waals surface area contributed by atoms with Crippen LogP contribution in [0.25, 0.3) is 17.0 Å². The molecule has 4 heterocycles. The van der Waals surface area contributed by atoms with Crippen molar-refractivity contribution < 1.29 is 4.42 Å². The van der Waals surface area contributed by atoms with E-state index in [-0.39, 0.29) is 0 Å². The summed E-state index contributed by atoms with van der Waals surface area (Å²) in [6, 6.07) is 8.35. The predicted molar refractivity (Wildman–Crippen MR) is 120 cm³/mol. The minimum Gasteiger partial charge on any atom is -0.455 e. The summed E-state index contributed by atoms with van der Waals surface area (Å²) in [4.78, 5) is 8.44. The lowest BCUT2D eigenvalue weighted by atomic mass is 9.77. The van der Waals surface area contributed by atoms with Gasteiger partial charge in [-0.25, -0.2) is 0 Å². The van der Waals surface area contributed by atoms with Crippen LogP contribution in [0, 0.1) is 17.8 Å². The van der Waals surface area contributed by atoms with Crippen molar-refractivity contribution in [3.8, 4) is 11.5 Å². The van der Waals surface area contributed by atoms with E-state index in [1.165, 1.54) is 67.5 Å². The highest BCUT2D eigenvalue weighted by Gasteiger charge is 2.43. The maximum Gasteiger partial charge on any atom is 0.150 e. The largest absolute Gasteiger partial charge is 0.455 e. The van der Waals surface area contributed by atoms with Crippen LogP contribution in [0.15, 0.2) is 57.2 Å². The quantitative estimate of drug-likeness (QED) is 0.584. The van der Waals surface area contributed by atoms with Gasteiger partial charge in [0.1, 0.15) is 5.76 Å². The molecule has 4 bridgehead atoms. The molecule has 0 radical (unpaired) electrons. The van der Waals surface area contributed by atoms with Crippen molar-refractivity contribution >= 4 is 11.3 Å². The van der Waals surface area contributed by atoms with Crippen molar-refractivity contribution in [2.45, 2.75) is 65.2 Å². The highest BCUT2D eigenvalue weighted by atomic mass is 16.3. The zero-order valence-corrected chi connectivity index (χ0v) is 17.7. The molecular formula is C26H32N2O. The Balaban J connectivity index is 1.59. The lowest BCUT2D eigenvalue weighted by Gasteiger charge is -2.26. The van der Waals surface area contributed by atoms with Crippen LogP contribution in [0.2, 0.25) is 0 Å². The zero-order valence-electron chi connectivity index (χ0n) is 17.7. The van der Waals surface area contributed by atoms with Gasteiger partial charge in [-0.1, -0.05) is 46.0 Å². The van der Waals surface area contributed by atoms with Crippen LogP contribution in [0.1, 0.15) is 71.0 Å². The fourth-order valence-corrected chi connectivity index (χ4v) is 5.59. The highest BCUT2D eigenvalue weighted by molar-refractivity contribution is 6.02. The number of H-pyrrole nitrogens is 1. The van der Waals surface area contributed by atoms with Gasteiger partial charge in [0, 0.05) is 17.5 Å². The Morgan fingerprint density at radius 3 is 2.59 bits per heavy atom. The molecule has 2 aromatic heterocycles. The van der Waals surface area contributed by atoms with Crippen LogP contribution in [0.3, 0.4) is 0 Å². The van der Waals surface area contributed by atoms with Gasteiger partial charge in [0.25, 0.3) is 0 Å². The van der Waals surface area contributed by atoms with Crippen LogP contribution in [0.5, 0.6) is 0 Å². The number of nitrogens with one attached hydrogen (secondary N) is 1. The van der Waals surface area contributed by atoms with E-state index in [2.05, 4.69) is 43.1 Å². The van der Waals surface area contributed by atoms with E-state index < -0.39 is 0 Å². The second kappa shape index (κ2) is 7.85. The fraction of sp³-hybridized carbons (Fsp3) is 0.500. The number of aromatic amines is 1. The Labute approximate surface area is 174 Å². The molecule has 3 nitrogen and oxygen atoms in total. The third-order valence-electron chi connectivity index (χ3n) is 6.92. The van der Waals surface area contributed by atoms with Gasteiger partial charge in [0.2, 0.25) is 0 Å². The minimum atomic E-state index is 0.518. The maximum atomic E-state index is 6.41. The van der Waals surface area contributed by atoms with Gasteiger partial charge in [-0.05, 0) is 72.9 Å². The summed E-state index contributed by atoms with van der Waals surface area (Å²) >= 11 is 0. The number of aromatic nitrogens is 1. The fourth-order valence-electron chi connectivity index (χ4n) is 5.59. The summed E-state index contributed by atoms with van der Waals surface area (Å²) in [6.07, 6.45) is 14.7. The Hall–Kier alpha value is -2.29. The molecule has 0 saturated heterocycles. The van der Waals surface area contributed by atoms with Gasteiger partial charge in [-0.15, -0.1) is 0 Å². The van der Waals surface area contributed by atoms with E-state index in [0.717, 1.165) is 23.6 Å². The first kappa shape index (κ1) is 18.7. The van der Waals surface area contributed by atoms with Crippen LogP contribution in [0.4, 0.5) is 0 Å². The summed E-state index contributed by atoms with van der Waals surface area (Å²) in [7, 11) is 0. The monoisotopic (exact) mass is 388 g/mol. The lowest BCUT2D eigenvalue weighted by Crippen LogP contribution is -2.18. The van der Waals surface area contributed by atoms with Gasteiger partial charge in [-0.2, -0.15) is 0 Å². The zero-order chi connectivity index (χ0) is 19.8. The molecule has 3 heteroatoms. The van der Waals surface area contributed by atoms with Crippen LogP contribution in [-0.2, 0) is 0 Å². The molecule has 2 atom stereocenters. The third kappa shape index (κ3) is 3.45. The molecule has 1 N–H and O–H groups in total. The van der Waals surface area contributed by atoms with Gasteiger partial charge in [-0.3, -0.25) is 4.99 Å². The molecule has 6 rings (SSSR count). The molecule has 29 heavy (non-hydrogen) atoms. The molecule has 152 valence electrons. The Bertz CT molecular complexity index is 955. The van der Waals surface area contributed by atoms with Crippen molar-refractivity contribution in [3.63, 3.8) is 0 Å². The number of allylic oxidation sites excluding steroid dienone is 3. The molecule has 4 aliphatic rings. The van der Waals surface area contributed by atoms with E-state index >= 15 is 0 Å². The molecule has 0 fully saturated rings. The molecule has 2 aliphatic heterocycles. The number of hydrogen-bond acceptors (Lipinski definition) is 2. The topological polar surface area (TPSA) is 41.3 Å². The molecule has 2 aliphatic carbocycles. The first-order chi connectivity index (χ1) is 14.2. The number of nitrogens with zero attached hydrogens (tertiary/aromatic N) is 1. The normalized spacial score (nSPS) is 25.1. The van der Waals surface area contributed by atoms with Crippen LogP contribution >= 0.6 is 0 Å². The second-order valence-corrected chi connectivity index (χ2v) is 9.25. The Morgan fingerprint density at radius 1 is 1.00 bits per heavy atom. The number of fused-ring (bicyclic) bond motifs is 7. The number of aliphatic imine (C=N–C) groups is 1. The minimum absolute atomic E-state index is 0.518. The summed E-state index contributed by atoms with van der Waals surface area (Å²) in [6.45, 7) is 4.75. The number of rotatable bonds is 3. The van der Waals surface area contributed by atoms with E-state index in [4.69, 9.17) is 9.41 Å². The second-order valence-electron chi connectivity index (χ2n) is 9.25. The smallest absolute Gasteiger partial charge is 0.150 e. The molecule has 2 aromatic rings. The van der Waals surface area contributed by atoms with Crippen molar-refractivity contribution in [2.24, 2.45) is 22.7 Å². The predicted octanol–water partition coefficient (Wildman–Crippen LogP) is 7.40. The Kier molecular flexibility index (Phi) is 5.07. The standard InChI is InChI=1S/C26H32N2O/c1-17(2)24-19-11-8-6-4-3-5-7-10-18-16-20(24)26(28-18)25(19)23-14-13-22(29-23)21-12-9-15-27-21/h9,12-17,19,24,27H,3-8,10-11H2,1-2H3/t19-,24-/m1/s1. The van der Waals surface area contributed by atoms with Gasteiger partial charge >= 0.3 is 0 Å². The maximum absolute atomic E-state index is 6.41. The van der Waals surface area contributed by atoms with E-state index in [1.54, 1.807) is 0 Å². The number of hydrogen-bond donors (Lipinski definition) is 1. The molecule has 0 amide bonds. The van der Waals surface area contributed by atoms with Crippen molar-refractivity contribution in [1.82, 2.24) is 4.98 Å². The van der Waals surface area contributed by atoms with Gasteiger partial charge in [0.05, 0.1) is 11.4 Å². The average Bonchev–Trinajstić information content (AvgIpc) is 3.46. The van der Waals surface area contributed by atoms with E-state index in [1.807, 2.05) is 12.3 Å². The molecule has 0 saturated carbocycles. The van der Waals surface area contributed by atoms with Crippen LogP contribution in [-0.4, -0.2) is 10.7 Å². The van der Waals surface area contributed by atoms with Crippen molar-refractivity contribution in [2.75, 3.05) is 0 Å². The van der Waals surface area contributed by atoms with Gasteiger partial charge < -0.3 is 9.40 Å². The van der Waals surface area contributed by atoms with E-state index in [9.17, 15) is 0 Å². The summed E-state index contributed by atoms with van der Waals surface area (Å²) in [5.41, 5.74) is 6.39. The number of furan rings is 1. The SMILES string of the molecule is CC(C)[C@H]1C2=CC3=NC2=C(c2ccc(-c4ccc[nH]4)o2)[C@@H]1CCCCCCCC3. The van der Waals surface area contributed by atoms with Crippen molar-refractivity contribution in [3.05, 3.63) is 53.6 Å². The molecular weight excluding hydrogens is 356 g/mol. The summed E-state index contributed by atoms with van der Waals surface area (Å²) < 4.78 is 6.41. The first-order valence-electron chi connectivity index (χ1n) is 11.5. The van der Waals surface area contributed by atoms with E-state index in [0.29, 0.717) is 17.8 Å². The molecule has 0 unspecified atom stereocenters. The summed E-state index contributed by atoms with van der Waals surface area (Å²) in [5, 5.41) is 0. The molecule has 0 aromatic carbocycles. The van der Waals surface area contributed by atoms with Crippen LogP contribution < -0.4 is 0 Å². The van der Waals surface area contributed by atoms with Gasteiger partial charge in [0.15, 0.2) is 5.76 Å². The highest BCUT2D eigenvalue weighted by Crippen LogP contribution is 2.54. The first-order valence-corrected chi connectivity index (χ1v) is 11.5. The summed E-state index contributed by atoms with van der Waals surface area (Å²) in [5.74, 6) is 3.61. The molecule has 0 spiro atoms. The lowest BCUT2D eigenvalue weighted by molar-refractivity contribution is 0.344. The Morgan fingerprint density at radius 2 is 1.79 bits per heavy atom.